The van der Waals surface area contributed by atoms with Crippen molar-refractivity contribution >= 4 is 27.7 Å². The minimum absolute atomic E-state index is 0.0839. The van der Waals surface area contributed by atoms with E-state index in [1.807, 2.05) is 53.3 Å². The predicted molar refractivity (Wildman–Crippen MR) is 98.0 cm³/mol. The summed E-state index contributed by atoms with van der Waals surface area (Å²) in [6, 6.07) is 13.9. The molecule has 2 heterocycles. The highest BCUT2D eigenvalue weighted by Gasteiger charge is 2.40. The van der Waals surface area contributed by atoms with Crippen molar-refractivity contribution in [2.75, 3.05) is 18.1 Å². The minimum atomic E-state index is -0.815. The molecule has 124 valence electrons. The molecule has 1 unspecified atom stereocenters. The number of nitrogens with zero attached hydrogens (tertiary/aromatic N) is 3. The molecule has 6 heteroatoms. The number of fused-ring (bicyclic) bond motifs is 1. The first-order valence-corrected chi connectivity index (χ1v) is 9.71. The van der Waals surface area contributed by atoms with E-state index in [-0.39, 0.29) is 4.75 Å². The molecule has 5 nitrogen and oxygen atoms in total. The number of nitrogens with one attached hydrogen (secondary N) is 1. The molecule has 1 fully saturated rings. The summed E-state index contributed by atoms with van der Waals surface area (Å²) in [5.41, 5.74) is 1.99. The molecule has 0 amide bonds. The van der Waals surface area contributed by atoms with Gasteiger partial charge in [-0.2, -0.15) is 0 Å². The first kappa shape index (κ1) is 15.3. The van der Waals surface area contributed by atoms with Gasteiger partial charge >= 0.3 is 0 Å². The van der Waals surface area contributed by atoms with Crippen molar-refractivity contribution < 1.29 is 4.21 Å². The summed E-state index contributed by atoms with van der Waals surface area (Å²) in [6.45, 7) is 0.706. The fourth-order valence-electron chi connectivity index (χ4n) is 3.19. The van der Waals surface area contributed by atoms with Gasteiger partial charge in [-0.15, -0.1) is 0 Å². The van der Waals surface area contributed by atoms with Gasteiger partial charge in [-0.1, -0.05) is 24.6 Å². The van der Waals surface area contributed by atoms with Crippen molar-refractivity contribution in [2.45, 2.75) is 24.0 Å². The maximum atomic E-state index is 12.0. The Morgan fingerprint density at radius 2 is 2.04 bits per heavy atom. The SMILES string of the molecule is CS(=O)C1(CNc2cccc(-n3cnc4ccccc43)n2)CCC1. The Hall–Kier alpha value is -2.21. The third-order valence-corrected chi connectivity index (χ3v) is 6.67. The van der Waals surface area contributed by atoms with Crippen LogP contribution in [0.25, 0.3) is 16.9 Å². The van der Waals surface area contributed by atoms with Gasteiger partial charge in [0.15, 0.2) is 0 Å². The van der Waals surface area contributed by atoms with Crippen LogP contribution in [0.2, 0.25) is 0 Å². The summed E-state index contributed by atoms with van der Waals surface area (Å²) in [5.74, 6) is 1.64. The number of rotatable bonds is 5. The molecule has 0 bridgehead atoms. The lowest BCUT2D eigenvalue weighted by Gasteiger charge is -2.40. The minimum Gasteiger partial charge on any atom is -0.369 e. The van der Waals surface area contributed by atoms with E-state index < -0.39 is 10.8 Å². The van der Waals surface area contributed by atoms with Crippen LogP contribution in [0.4, 0.5) is 5.82 Å². The van der Waals surface area contributed by atoms with E-state index in [0.717, 1.165) is 41.9 Å². The zero-order chi connectivity index (χ0) is 16.6. The van der Waals surface area contributed by atoms with Crippen LogP contribution >= 0.6 is 0 Å². The zero-order valence-corrected chi connectivity index (χ0v) is 14.4. The molecule has 0 saturated heterocycles. The smallest absolute Gasteiger partial charge is 0.140 e. The third kappa shape index (κ3) is 2.60. The van der Waals surface area contributed by atoms with Gasteiger partial charge in [-0.25, -0.2) is 9.97 Å². The van der Waals surface area contributed by atoms with Crippen LogP contribution < -0.4 is 5.32 Å². The van der Waals surface area contributed by atoms with E-state index in [9.17, 15) is 4.21 Å². The molecule has 1 atom stereocenters. The number of benzene rings is 1. The van der Waals surface area contributed by atoms with E-state index in [4.69, 9.17) is 4.98 Å². The quantitative estimate of drug-likeness (QED) is 0.775. The van der Waals surface area contributed by atoms with Gasteiger partial charge in [0.2, 0.25) is 0 Å². The molecule has 0 spiro atoms. The monoisotopic (exact) mass is 340 g/mol. The van der Waals surface area contributed by atoms with Gasteiger partial charge in [0.05, 0.1) is 15.8 Å². The number of para-hydroxylation sites is 2. The highest BCUT2D eigenvalue weighted by atomic mass is 32.2. The Bertz CT molecular complexity index is 901. The molecular formula is C18H20N4OS. The van der Waals surface area contributed by atoms with Crippen molar-refractivity contribution in [1.29, 1.82) is 0 Å². The Kier molecular flexibility index (Phi) is 3.84. The molecular weight excluding hydrogens is 320 g/mol. The number of anilines is 1. The summed E-state index contributed by atoms with van der Waals surface area (Å²) in [6.07, 6.45) is 6.81. The van der Waals surface area contributed by atoms with Crippen LogP contribution in [0, 0.1) is 0 Å². The van der Waals surface area contributed by atoms with Gasteiger partial charge in [-0.05, 0) is 37.1 Å². The van der Waals surface area contributed by atoms with E-state index in [2.05, 4.69) is 10.3 Å². The van der Waals surface area contributed by atoms with Gasteiger partial charge in [-0.3, -0.25) is 8.78 Å². The molecule has 24 heavy (non-hydrogen) atoms. The average molecular weight is 340 g/mol. The summed E-state index contributed by atoms with van der Waals surface area (Å²) < 4.78 is 13.9. The van der Waals surface area contributed by atoms with Crippen LogP contribution in [0.5, 0.6) is 0 Å². The molecule has 1 aliphatic carbocycles. The van der Waals surface area contributed by atoms with Crippen molar-refractivity contribution in [1.82, 2.24) is 14.5 Å². The van der Waals surface area contributed by atoms with Gasteiger partial charge in [0.1, 0.15) is 18.0 Å². The second-order valence-corrected chi connectivity index (χ2v) is 8.10. The van der Waals surface area contributed by atoms with Gasteiger partial charge in [0, 0.05) is 23.6 Å². The number of imidazole rings is 1. The van der Waals surface area contributed by atoms with Crippen LogP contribution in [-0.2, 0) is 10.8 Å². The second-order valence-electron chi connectivity index (χ2n) is 6.33. The summed E-state index contributed by atoms with van der Waals surface area (Å²) in [7, 11) is -0.815. The largest absolute Gasteiger partial charge is 0.369 e. The van der Waals surface area contributed by atoms with E-state index >= 15 is 0 Å². The topological polar surface area (TPSA) is 59.8 Å². The van der Waals surface area contributed by atoms with Crippen molar-refractivity contribution in [3.8, 4) is 5.82 Å². The average Bonchev–Trinajstić information content (AvgIpc) is 2.98. The Balaban J connectivity index is 1.59. The molecule has 4 rings (SSSR count). The highest BCUT2D eigenvalue weighted by Crippen LogP contribution is 2.37. The Morgan fingerprint density at radius 3 is 2.79 bits per heavy atom. The first-order valence-electron chi connectivity index (χ1n) is 8.15. The van der Waals surface area contributed by atoms with E-state index in [1.54, 1.807) is 6.33 Å². The van der Waals surface area contributed by atoms with Crippen LogP contribution in [0.3, 0.4) is 0 Å². The molecule has 3 aromatic rings. The summed E-state index contributed by atoms with van der Waals surface area (Å²) in [5, 5.41) is 3.38. The van der Waals surface area contributed by atoms with Crippen molar-refractivity contribution in [3.05, 3.63) is 48.8 Å². The normalized spacial score (nSPS) is 17.4. The van der Waals surface area contributed by atoms with E-state index in [0.29, 0.717) is 6.54 Å². The molecule has 0 aliphatic heterocycles. The molecule has 1 aliphatic rings. The second kappa shape index (κ2) is 6.02. The Morgan fingerprint density at radius 1 is 1.21 bits per heavy atom. The number of hydrogen-bond acceptors (Lipinski definition) is 4. The highest BCUT2D eigenvalue weighted by molar-refractivity contribution is 7.85. The zero-order valence-electron chi connectivity index (χ0n) is 13.6. The van der Waals surface area contributed by atoms with Gasteiger partial charge < -0.3 is 5.32 Å². The van der Waals surface area contributed by atoms with Crippen LogP contribution in [0.1, 0.15) is 19.3 Å². The predicted octanol–water partition coefficient (Wildman–Crippen LogP) is 3.13. The van der Waals surface area contributed by atoms with E-state index in [1.165, 1.54) is 0 Å². The lowest BCUT2D eigenvalue weighted by molar-refractivity contribution is 0.368. The molecule has 1 aromatic carbocycles. The first-order chi connectivity index (χ1) is 11.7. The Labute approximate surface area is 143 Å². The lowest BCUT2D eigenvalue weighted by Crippen LogP contribution is -2.47. The lowest BCUT2D eigenvalue weighted by atomic mass is 9.84. The van der Waals surface area contributed by atoms with Crippen molar-refractivity contribution in [3.63, 3.8) is 0 Å². The third-order valence-electron chi connectivity index (χ3n) is 4.90. The summed E-state index contributed by atoms with van der Waals surface area (Å²) in [4.78, 5) is 9.12. The standard InChI is InChI=1S/C18H20N4OS/c1-24(23)18(10-5-11-18)12-19-16-8-4-9-17(21-16)22-13-20-14-6-2-3-7-15(14)22/h2-4,6-9,13H,5,10-12H2,1H3,(H,19,21). The molecule has 1 N–H and O–H groups in total. The maximum absolute atomic E-state index is 12.0. The molecule has 2 aromatic heterocycles. The van der Waals surface area contributed by atoms with Gasteiger partial charge in [0.25, 0.3) is 0 Å². The fraction of sp³-hybridized carbons (Fsp3) is 0.333. The van der Waals surface area contributed by atoms with Crippen LogP contribution in [-0.4, -0.2) is 36.3 Å². The van der Waals surface area contributed by atoms with Crippen LogP contribution in [0.15, 0.2) is 48.8 Å². The van der Waals surface area contributed by atoms with Crippen molar-refractivity contribution in [2.24, 2.45) is 0 Å². The molecule has 1 saturated carbocycles. The number of hydrogen-bond donors (Lipinski definition) is 1. The fourth-order valence-corrected chi connectivity index (χ4v) is 4.33. The summed E-state index contributed by atoms with van der Waals surface area (Å²) >= 11 is 0. The molecule has 0 radical (unpaired) electrons. The number of aromatic nitrogens is 3. The maximum Gasteiger partial charge on any atom is 0.140 e. The number of pyridine rings is 1.